The van der Waals surface area contributed by atoms with Crippen LogP contribution in [0.4, 0.5) is 13.2 Å². The van der Waals surface area contributed by atoms with Crippen molar-refractivity contribution in [2.75, 3.05) is 14.1 Å². The van der Waals surface area contributed by atoms with Gasteiger partial charge in [0, 0.05) is 19.7 Å². The molecule has 0 unspecified atom stereocenters. The summed E-state index contributed by atoms with van der Waals surface area (Å²) in [5.74, 6) is -0.278. The number of thiocarbonyl (C=S) groups is 1. The Kier molecular flexibility index (Phi) is 13.0. The average molecular weight is 596 g/mol. The molecule has 0 bridgehead atoms. The molecular formula is C32H44F3NO2S2. The van der Waals surface area contributed by atoms with E-state index in [1.807, 2.05) is 40.7 Å². The molecule has 0 N–H and O–H groups in total. The zero-order valence-corrected chi connectivity index (χ0v) is 27.3. The van der Waals surface area contributed by atoms with E-state index in [0.29, 0.717) is 32.2 Å². The van der Waals surface area contributed by atoms with Crippen molar-refractivity contribution in [3.63, 3.8) is 0 Å². The summed E-state index contributed by atoms with van der Waals surface area (Å²) in [4.78, 5) is 13.8. The highest BCUT2D eigenvalue weighted by Gasteiger charge is 2.38. The number of alkyl halides is 3. The van der Waals surface area contributed by atoms with Gasteiger partial charge in [-0.25, -0.2) is 0 Å². The van der Waals surface area contributed by atoms with E-state index < -0.39 is 6.36 Å². The van der Waals surface area contributed by atoms with Crippen LogP contribution in [0.3, 0.4) is 0 Å². The summed E-state index contributed by atoms with van der Waals surface area (Å²) >= 11 is 6.40. The lowest BCUT2D eigenvalue weighted by Crippen LogP contribution is -2.34. The number of rotatable bonds is 5. The molecule has 1 aliphatic rings. The molecule has 0 aromatic heterocycles. The van der Waals surface area contributed by atoms with E-state index in [4.69, 9.17) is 12.2 Å². The van der Waals surface area contributed by atoms with Crippen LogP contribution in [0.5, 0.6) is 5.75 Å². The first-order valence-electron chi connectivity index (χ1n) is 13.7. The molecule has 1 aliphatic carbocycles. The third-order valence-corrected chi connectivity index (χ3v) is 8.32. The van der Waals surface area contributed by atoms with Gasteiger partial charge >= 0.3 is 6.36 Å². The Balaban J connectivity index is 0.00000191. The molecule has 2 aromatic rings. The van der Waals surface area contributed by atoms with Gasteiger partial charge in [-0.05, 0) is 82.7 Å². The second-order valence-electron chi connectivity index (χ2n) is 10.7. The molecule has 0 heterocycles. The van der Waals surface area contributed by atoms with E-state index in [1.165, 1.54) is 17.7 Å². The lowest BCUT2D eigenvalue weighted by molar-refractivity contribution is -0.274. The minimum absolute atomic E-state index is 0.0228. The Morgan fingerprint density at radius 1 is 0.950 bits per heavy atom. The molecule has 8 heteroatoms. The molecule has 2 aromatic carbocycles. The number of carbonyl (C=O) groups excluding carboxylic acids is 1. The molecular weight excluding hydrogens is 551 g/mol. The number of fused-ring (bicyclic) bond motifs is 1. The Morgan fingerprint density at radius 3 is 1.95 bits per heavy atom. The highest BCUT2D eigenvalue weighted by Crippen LogP contribution is 2.48. The summed E-state index contributed by atoms with van der Waals surface area (Å²) in [5, 5.41) is 0. The van der Waals surface area contributed by atoms with Crippen LogP contribution in [0.2, 0.25) is 0 Å². The van der Waals surface area contributed by atoms with Crippen molar-refractivity contribution in [2.45, 2.75) is 92.3 Å². The van der Waals surface area contributed by atoms with Crippen LogP contribution in [-0.2, 0) is 15.6 Å². The number of thioether (sulfide) groups is 1. The number of hydrogen-bond donors (Lipinski definition) is 0. The molecule has 0 fully saturated rings. The molecule has 3 rings (SSSR count). The molecule has 0 amide bonds. The predicted molar refractivity (Wildman–Crippen MR) is 169 cm³/mol. The molecule has 0 saturated carbocycles. The zero-order valence-electron chi connectivity index (χ0n) is 25.7. The number of benzene rings is 2. The van der Waals surface area contributed by atoms with Crippen LogP contribution in [-0.4, -0.2) is 36.0 Å². The number of aryl methyl sites for hydroxylation is 1. The molecule has 0 atom stereocenters. The minimum atomic E-state index is -4.84. The topological polar surface area (TPSA) is 29.5 Å². The second-order valence-corrected chi connectivity index (χ2v) is 12.4. The van der Waals surface area contributed by atoms with E-state index in [0.717, 1.165) is 35.7 Å². The number of nitrogens with zero attached hydrogens (tertiary/aromatic N) is 1. The van der Waals surface area contributed by atoms with Crippen LogP contribution < -0.4 is 4.74 Å². The number of allylic oxidation sites excluding steroid dienone is 1. The van der Waals surface area contributed by atoms with Crippen molar-refractivity contribution in [1.82, 2.24) is 4.90 Å². The van der Waals surface area contributed by atoms with E-state index in [2.05, 4.69) is 38.5 Å². The van der Waals surface area contributed by atoms with Crippen molar-refractivity contribution >= 4 is 40.7 Å². The van der Waals surface area contributed by atoms with Gasteiger partial charge in [-0.1, -0.05) is 91.5 Å². The van der Waals surface area contributed by atoms with Gasteiger partial charge in [0.15, 0.2) is 6.29 Å². The number of hydrogen-bond acceptors (Lipinski definition) is 4. The number of carbonyl (C=O) groups is 1. The summed E-state index contributed by atoms with van der Waals surface area (Å²) in [6.07, 6.45) is -0.507. The summed E-state index contributed by atoms with van der Waals surface area (Å²) in [5.41, 5.74) is 4.68. The monoisotopic (exact) mass is 595 g/mol. The van der Waals surface area contributed by atoms with Crippen molar-refractivity contribution in [2.24, 2.45) is 0 Å². The van der Waals surface area contributed by atoms with Gasteiger partial charge < -0.3 is 9.64 Å². The Labute approximate surface area is 248 Å². The summed E-state index contributed by atoms with van der Waals surface area (Å²) in [6.45, 7) is 18.7. The molecule has 0 saturated heterocycles. The standard InChI is InChI=1S/C28H32F3NO2S2.2C2H6/c1-17-12-22-23(27(4,5)11-10-26(22,2)3)15-20(17)21-14-18(8-9-24(21)34-28(29,30)31)13-19(16-33)36-25(35)32(6)7;2*1-2/h8-9,12-16H,10-11H2,1-7H3;2*1-2H3/b19-13-;;. The van der Waals surface area contributed by atoms with Crippen molar-refractivity contribution in [1.29, 1.82) is 0 Å². The van der Waals surface area contributed by atoms with Crippen LogP contribution >= 0.6 is 24.0 Å². The van der Waals surface area contributed by atoms with E-state index in [9.17, 15) is 18.0 Å². The van der Waals surface area contributed by atoms with Crippen LogP contribution in [0, 0.1) is 6.92 Å². The maximum Gasteiger partial charge on any atom is 0.573 e. The molecule has 0 radical (unpaired) electrons. The number of aldehydes is 1. The molecule has 222 valence electrons. The molecule has 40 heavy (non-hydrogen) atoms. The quantitative estimate of drug-likeness (QED) is 0.195. The van der Waals surface area contributed by atoms with Gasteiger partial charge in [-0.2, -0.15) is 0 Å². The average Bonchev–Trinajstić information content (AvgIpc) is 2.88. The van der Waals surface area contributed by atoms with Crippen LogP contribution in [0.15, 0.2) is 35.2 Å². The zero-order chi connectivity index (χ0) is 31.1. The predicted octanol–water partition coefficient (Wildman–Crippen LogP) is 10.1. The SMILES string of the molecule is CC.CC.Cc1cc2c(cc1-c1cc(/C=C(/C=O)SC(=S)N(C)C)ccc1OC(F)(F)F)C(C)(C)CCC2(C)C. The van der Waals surface area contributed by atoms with Gasteiger partial charge in [-0.3, -0.25) is 4.79 Å². The minimum Gasteiger partial charge on any atom is -0.405 e. The van der Waals surface area contributed by atoms with Crippen molar-refractivity contribution < 1.29 is 22.7 Å². The van der Waals surface area contributed by atoms with Gasteiger partial charge in [0.2, 0.25) is 0 Å². The van der Waals surface area contributed by atoms with Crippen LogP contribution in [0.25, 0.3) is 17.2 Å². The van der Waals surface area contributed by atoms with E-state index in [1.54, 1.807) is 31.1 Å². The smallest absolute Gasteiger partial charge is 0.405 e. The lowest BCUT2D eigenvalue weighted by atomic mass is 9.62. The molecule has 0 aliphatic heterocycles. The normalized spacial score (nSPS) is 15.4. The second kappa shape index (κ2) is 14.5. The summed E-state index contributed by atoms with van der Waals surface area (Å²) in [6, 6.07) is 8.58. The highest BCUT2D eigenvalue weighted by molar-refractivity contribution is 8.26. The largest absolute Gasteiger partial charge is 0.573 e. The Morgan fingerprint density at radius 2 is 1.48 bits per heavy atom. The van der Waals surface area contributed by atoms with E-state index >= 15 is 0 Å². The maximum absolute atomic E-state index is 13.3. The Bertz CT molecular complexity index is 1220. The van der Waals surface area contributed by atoms with Gasteiger partial charge in [0.05, 0.1) is 4.91 Å². The van der Waals surface area contributed by atoms with Gasteiger partial charge in [0.1, 0.15) is 10.1 Å². The third-order valence-electron chi connectivity index (χ3n) is 6.71. The summed E-state index contributed by atoms with van der Waals surface area (Å²) < 4.78 is 44.9. The molecule has 3 nitrogen and oxygen atoms in total. The first kappa shape index (κ1) is 35.7. The number of ether oxygens (including phenoxy) is 1. The Hall–Kier alpha value is -2.32. The van der Waals surface area contributed by atoms with Gasteiger partial charge in [-0.15, -0.1) is 13.2 Å². The molecule has 0 spiro atoms. The van der Waals surface area contributed by atoms with Crippen LogP contribution in [0.1, 0.15) is 90.5 Å². The van der Waals surface area contributed by atoms with Crippen molar-refractivity contribution in [3.8, 4) is 16.9 Å². The van der Waals surface area contributed by atoms with Gasteiger partial charge in [0.25, 0.3) is 0 Å². The lowest BCUT2D eigenvalue weighted by Gasteiger charge is -2.42. The van der Waals surface area contributed by atoms with E-state index in [-0.39, 0.29) is 16.6 Å². The fourth-order valence-electron chi connectivity index (χ4n) is 4.52. The fourth-order valence-corrected chi connectivity index (χ4v) is 5.43. The number of halogens is 3. The first-order valence-corrected chi connectivity index (χ1v) is 14.9. The highest BCUT2D eigenvalue weighted by atomic mass is 32.2. The first-order chi connectivity index (χ1) is 18.5. The third kappa shape index (κ3) is 9.10. The van der Waals surface area contributed by atoms with Crippen molar-refractivity contribution in [3.05, 3.63) is 57.5 Å². The maximum atomic E-state index is 13.3. The summed E-state index contributed by atoms with van der Waals surface area (Å²) in [7, 11) is 3.56. The fraction of sp³-hybridized carbons (Fsp3) is 0.500.